The maximum atomic E-state index is 11.5. The van der Waals surface area contributed by atoms with Crippen molar-refractivity contribution in [3.8, 4) is 11.5 Å². The third kappa shape index (κ3) is 5.67. The summed E-state index contributed by atoms with van der Waals surface area (Å²) in [5, 5.41) is 4.56. The van der Waals surface area contributed by atoms with Crippen molar-refractivity contribution in [1.82, 2.24) is 16.3 Å². The van der Waals surface area contributed by atoms with E-state index in [1.807, 2.05) is 12.1 Å². The topological polar surface area (TPSA) is 84.0 Å². The maximum absolute atomic E-state index is 11.5. The van der Waals surface area contributed by atoms with Crippen LogP contribution in [-0.4, -0.2) is 37.2 Å². The van der Waals surface area contributed by atoms with E-state index in [9.17, 15) is 4.79 Å². The molecule has 1 fully saturated rings. The molecular formula is C19H19Cl3N4O3. The second-order valence-electron chi connectivity index (χ2n) is 6.20. The number of hydrogen-bond donors (Lipinski definition) is 3. The van der Waals surface area contributed by atoms with E-state index in [0.29, 0.717) is 28.1 Å². The Balaban J connectivity index is 1.63. The normalized spacial score (nSPS) is 19.1. The predicted molar refractivity (Wildman–Crippen MR) is 114 cm³/mol. The summed E-state index contributed by atoms with van der Waals surface area (Å²) in [5.74, 6) is 0.820. The molecule has 0 aliphatic carbocycles. The molecule has 0 aromatic heterocycles. The summed E-state index contributed by atoms with van der Waals surface area (Å²) in [6, 6.07) is 10.3. The summed E-state index contributed by atoms with van der Waals surface area (Å²) in [7, 11) is 1.56. The third-order valence-electron chi connectivity index (χ3n) is 4.18. The molecular weight excluding hydrogens is 439 g/mol. The van der Waals surface area contributed by atoms with E-state index < -0.39 is 5.38 Å². The monoisotopic (exact) mass is 456 g/mol. The van der Waals surface area contributed by atoms with E-state index in [2.05, 4.69) is 21.4 Å². The summed E-state index contributed by atoms with van der Waals surface area (Å²) < 4.78 is 11.2. The molecule has 154 valence electrons. The highest BCUT2D eigenvalue weighted by Crippen LogP contribution is 2.29. The van der Waals surface area contributed by atoms with Crippen molar-refractivity contribution in [2.24, 2.45) is 5.10 Å². The number of nitrogens with zero attached hydrogens (tertiary/aromatic N) is 1. The molecule has 10 heteroatoms. The zero-order valence-corrected chi connectivity index (χ0v) is 17.7. The number of halogens is 3. The quantitative estimate of drug-likeness (QED) is 0.338. The van der Waals surface area contributed by atoms with Crippen LogP contribution in [0, 0.1) is 0 Å². The highest BCUT2D eigenvalue weighted by Gasteiger charge is 2.29. The van der Waals surface area contributed by atoms with Gasteiger partial charge >= 0.3 is 0 Å². The van der Waals surface area contributed by atoms with Gasteiger partial charge in [0.2, 0.25) is 0 Å². The Morgan fingerprint density at radius 3 is 2.83 bits per heavy atom. The molecule has 0 bridgehead atoms. The largest absolute Gasteiger partial charge is 0.493 e. The van der Waals surface area contributed by atoms with Gasteiger partial charge in [0.1, 0.15) is 12.0 Å². The smallest absolute Gasteiger partial charge is 0.254 e. The zero-order valence-electron chi connectivity index (χ0n) is 15.4. The maximum Gasteiger partial charge on any atom is 0.254 e. The fraction of sp³-hybridized carbons (Fsp3) is 0.263. The van der Waals surface area contributed by atoms with Gasteiger partial charge in [0.05, 0.1) is 19.4 Å². The van der Waals surface area contributed by atoms with E-state index in [0.717, 1.165) is 11.1 Å². The molecule has 0 spiro atoms. The van der Waals surface area contributed by atoms with Gasteiger partial charge in [-0.05, 0) is 35.9 Å². The summed E-state index contributed by atoms with van der Waals surface area (Å²) in [4.78, 5) is 11.5. The second kappa shape index (κ2) is 10.0. The number of methoxy groups -OCH3 is 1. The van der Waals surface area contributed by atoms with Crippen molar-refractivity contribution < 1.29 is 14.3 Å². The van der Waals surface area contributed by atoms with Gasteiger partial charge in [0.25, 0.3) is 5.91 Å². The van der Waals surface area contributed by atoms with Gasteiger partial charge in [-0.25, -0.2) is 5.43 Å². The lowest BCUT2D eigenvalue weighted by atomic mass is 10.2. The summed E-state index contributed by atoms with van der Waals surface area (Å²) >= 11 is 18.1. The van der Waals surface area contributed by atoms with Crippen LogP contribution in [-0.2, 0) is 11.4 Å². The number of carbonyl (C=O) groups is 1. The molecule has 0 radical (unpaired) electrons. The van der Waals surface area contributed by atoms with Gasteiger partial charge in [0.15, 0.2) is 11.5 Å². The Bertz CT molecular complexity index is 910. The molecule has 2 aromatic carbocycles. The number of alkyl halides is 1. The molecule has 1 aliphatic rings. The Morgan fingerprint density at radius 1 is 1.24 bits per heavy atom. The lowest BCUT2D eigenvalue weighted by Gasteiger charge is -2.26. The number of carbonyl (C=O) groups excluding carboxylic acids is 1. The molecule has 7 nitrogen and oxygen atoms in total. The van der Waals surface area contributed by atoms with E-state index in [-0.39, 0.29) is 18.6 Å². The van der Waals surface area contributed by atoms with Crippen molar-refractivity contribution in [1.29, 1.82) is 0 Å². The zero-order chi connectivity index (χ0) is 20.8. The van der Waals surface area contributed by atoms with E-state index in [4.69, 9.17) is 44.3 Å². The number of nitrogens with one attached hydrogen (secondary N) is 3. The third-order valence-corrected chi connectivity index (χ3v) is 5.27. The van der Waals surface area contributed by atoms with Crippen LogP contribution in [0.2, 0.25) is 10.0 Å². The minimum Gasteiger partial charge on any atom is -0.493 e. The van der Waals surface area contributed by atoms with Crippen molar-refractivity contribution in [2.45, 2.75) is 18.0 Å². The lowest BCUT2D eigenvalue weighted by Crippen LogP contribution is -2.59. The van der Waals surface area contributed by atoms with Crippen LogP contribution < -0.4 is 25.8 Å². The lowest BCUT2D eigenvalue weighted by molar-refractivity contribution is -0.123. The van der Waals surface area contributed by atoms with E-state index >= 15 is 0 Å². The molecule has 3 N–H and O–H groups in total. The Morgan fingerprint density at radius 2 is 2.07 bits per heavy atom. The van der Waals surface area contributed by atoms with E-state index in [1.54, 1.807) is 37.6 Å². The van der Waals surface area contributed by atoms with E-state index in [1.165, 1.54) is 0 Å². The van der Waals surface area contributed by atoms with Crippen LogP contribution in [0.15, 0.2) is 41.5 Å². The van der Waals surface area contributed by atoms with Gasteiger partial charge in [-0.2, -0.15) is 5.10 Å². The summed E-state index contributed by atoms with van der Waals surface area (Å²) in [6.07, 6.45) is 1.61. The number of benzene rings is 2. The molecule has 2 atom stereocenters. The number of ether oxygens (including phenoxy) is 2. The Kier molecular flexibility index (Phi) is 7.44. The average molecular weight is 458 g/mol. The van der Waals surface area contributed by atoms with Gasteiger partial charge in [-0.3, -0.25) is 10.2 Å². The van der Waals surface area contributed by atoms with Crippen molar-refractivity contribution in [3.05, 3.63) is 57.6 Å². The highest BCUT2D eigenvalue weighted by atomic mass is 35.5. The minimum absolute atomic E-state index is 0.273. The fourth-order valence-electron chi connectivity index (χ4n) is 2.60. The summed E-state index contributed by atoms with van der Waals surface area (Å²) in [6.45, 7) is 0.732. The first-order valence-corrected chi connectivity index (χ1v) is 9.87. The SMILES string of the molecule is COc1cc(/C=N\NC2CNNC(=O)C2Cl)ccc1OCc1ccc(Cl)cc1Cl. The number of hydrazine groups is 1. The Hall–Kier alpha value is -2.19. The van der Waals surface area contributed by atoms with Gasteiger partial charge < -0.3 is 14.9 Å². The number of hydrogen-bond acceptors (Lipinski definition) is 6. The second-order valence-corrected chi connectivity index (χ2v) is 7.51. The molecule has 3 rings (SSSR count). The van der Waals surface area contributed by atoms with Gasteiger partial charge in [-0.1, -0.05) is 29.3 Å². The number of rotatable bonds is 7. The van der Waals surface area contributed by atoms with Crippen LogP contribution in [0.5, 0.6) is 11.5 Å². The first kappa shape index (κ1) is 21.5. The van der Waals surface area contributed by atoms with Crippen LogP contribution >= 0.6 is 34.8 Å². The molecule has 29 heavy (non-hydrogen) atoms. The van der Waals surface area contributed by atoms with Crippen molar-refractivity contribution in [2.75, 3.05) is 13.7 Å². The molecule has 1 amide bonds. The molecule has 2 aromatic rings. The van der Waals surface area contributed by atoms with Gasteiger partial charge in [-0.15, -0.1) is 11.6 Å². The number of hydrazone groups is 1. The highest BCUT2D eigenvalue weighted by molar-refractivity contribution is 6.35. The average Bonchev–Trinajstić information content (AvgIpc) is 2.71. The molecule has 1 heterocycles. The first-order valence-electron chi connectivity index (χ1n) is 8.68. The predicted octanol–water partition coefficient (Wildman–Crippen LogP) is 3.11. The fourth-order valence-corrected chi connectivity index (χ4v) is 3.26. The van der Waals surface area contributed by atoms with Gasteiger partial charge in [0, 0.05) is 22.2 Å². The van der Waals surface area contributed by atoms with Crippen LogP contribution in [0.25, 0.3) is 0 Å². The Labute approximate surface area is 183 Å². The van der Waals surface area contributed by atoms with Crippen LogP contribution in [0.3, 0.4) is 0 Å². The molecule has 2 unspecified atom stereocenters. The standard InChI is InChI=1S/C19H19Cl3N4O3/c1-28-17-6-11(8-23-25-15-9-24-26-19(27)18(15)22)2-5-16(17)29-10-12-3-4-13(20)7-14(12)21/h2-8,15,18,24-25H,9-10H2,1H3,(H,26,27)/b23-8-. The van der Waals surface area contributed by atoms with Crippen LogP contribution in [0.4, 0.5) is 0 Å². The first-order chi connectivity index (χ1) is 14.0. The van der Waals surface area contributed by atoms with Crippen LogP contribution in [0.1, 0.15) is 11.1 Å². The molecule has 1 aliphatic heterocycles. The molecule has 0 saturated carbocycles. The summed E-state index contributed by atoms with van der Waals surface area (Å²) in [5.41, 5.74) is 9.69. The molecule has 1 saturated heterocycles. The number of amides is 1. The minimum atomic E-state index is -0.710. The van der Waals surface area contributed by atoms with Crippen molar-refractivity contribution in [3.63, 3.8) is 0 Å². The van der Waals surface area contributed by atoms with Crippen molar-refractivity contribution >= 4 is 46.9 Å².